The molecule has 10 heteroatoms. The molecule has 2 heterocycles. The van der Waals surface area contributed by atoms with Crippen molar-refractivity contribution in [3.63, 3.8) is 0 Å². The summed E-state index contributed by atoms with van der Waals surface area (Å²) >= 11 is 0. The lowest BCUT2D eigenvalue weighted by Crippen LogP contribution is -2.54. The quantitative estimate of drug-likeness (QED) is 0.0783. The third kappa shape index (κ3) is 14.4. The molecule has 0 radical (unpaired) electrons. The maximum absolute atomic E-state index is 12.8. The van der Waals surface area contributed by atoms with Crippen molar-refractivity contribution in [1.82, 2.24) is 20.2 Å². The lowest BCUT2D eigenvalue weighted by Gasteiger charge is -2.61. The summed E-state index contributed by atoms with van der Waals surface area (Å²) in [6.45, 7) is 18.7. The Hall–Kier alpha value is -3.24. The number of esters is 1. The molecule has 4 aliphatic carbocycles. The van der Waals surface area contributed by atoms with Gasteiger partial charge in [0, 0.05) is 82.7 Å². The number of nitrogens with two attached hydrogens (primary N) is 1. The number of nitrogens with zero attached hydrogens (tertiary/aromatic N) is 4. The van der Waals surface area contributed by atoms with Gasteiger partial charge in [0.25, 0.3) is 0 Å². The number of aromatic nitrogens is 2. The molecule has 0 spiro atoms. The smallest absolute Gasteiger partial charge is 0.306 e. The van der Waals surface area contributed by atoms with Crippen LogP contribution >= 0.6 is 0 Å². The average molecular weight is 886 g/mol. The number of rotatable bonds is 22. The van der Waals surface area contributed by atoms with Gasteiger partial charge in [0.2, 0.25) is 5.91 Å². The molecule has 4 saturated carbocycles. The molecule has 4 fully saturated rings. The summed E-state index contributed by atoms with van der Waals surface area (Å²) in [5.74, 6) is 5.63. The summed E-state index contributed by atoms with van der Waals surface area (Å²) in [5, 5.41) is 6.44. The number of hydrogen-bond donors (Lipinski definition) is 3. The summed E-state index contributed by atoms with van der Waals surface area (Å²) in [4.78, 5) is 38.3. The zero-order valence-corrected chi connectivity index (χ0v) is 41.9. The van der Waals surface area contributed by atoms with E-state index in [1.54, 1.807) is 0 Å². The van der Waals surface area contributed by atoms with E-state index in [1.165, 1.54) is 69.9 Å². The first kappa shape index (κ1) is 51.7. The Morgan fingerprint density at radius 1 is 0.859 bits per heavy atom. The molecule has 6 rings (SSSR count). The third-order valence-electron chi connectivity index (χ3n) is 16.5. The molecule has 2 aromatic rings. The topological polar surface area (TPSA) is 126 Å². The molecule has 9 atom stereocenters. The monoisotopic (exact) mass is 886 g/mol. The molecule has 0 aromatic carbocycles. The number of unbranched alkanes of at least 4 members (excludes halogenated alkanes) is 1. The fraction of sp³-hybridized carbons (Fsp3) is 0.778. The first-order valence-corrected chi connectivity index (χ1v) is 25.8. The molecule has 0 aliphatic heterocycles. The lowest BCUT2D eigenvalue weighted by atomic mass is 9.44. The van der Waals surface area contributed by atoms with Gasteiger partial charge in [-0.25, -0.2) is 0 Å². The largest absolute Gasteiger partial charge is 0.462 e. The Balaban J connectivity index is 0.000000435. The number of amides is 1. The van der Waals surface area contributed by atoms with Gasteiger partial charge in [0.05, 0.1) is 12.1 Å². The number of ether oxygens (including phenoxy) is 1. The van der Waals surface area contributed by atoms with E-state index in [0.717, 1.165) is 111 Å². The van der Waals surface area contributed by atoms with Crippen molar-refractivity contribution in [2.75, 3.05) is 57.5 Å². The highest BCUT2D eigenvalue weighted by Gasteiger charge is 2.60. The molecule has 0 saturated heterocycles. The zero-order chi connectivity index (χ0) is 46.3. The second-order valence-corrected chi connectivity index (χ2v) is 21.8. The highest BCUT2D eigenvalue weighted by atomic mass is 16.5. The zero-order valence-electron chi connectivity index (χ0n) is 41.9. The van der Waals surface area contributed by atoms with E-state index in [4.69, 9.17) is 10.5 Å². The molecule has 10 nitrogen and oxygen atoms in total. The Morgan fingerprint density at radius 3 is 2.34 bits per heavy atom. The summed E-state index contributed by atoms with van der Waals surface area (Å²) in [6.07, 6.45) is 23.8. The first-order valence-electron chi connectivity index (χ1n) is 25.8. The molecule has 5 unspecified atom stereocenters. The van der Waals surface area contributed by atoms with Crippen molar-refractivity contribution in [3.8, 4) is 0 Å². The highest BCUT2D eigenvalue weighted by Crippen LogP contribution is 2.68. The van der Waals surface area contributed by atoms with Crippen molar-refractivity contribution in [1.29, 1.82) is 0 Å². The van der Waals surface area contributed by atoms with E-state index >= 15 is 0 Å². The summed E-state index contributed by atoms with van der Waals surface area (Å²) < 4.78 is 6.04. The van der Waals surface area contributed by atoms with Crippen LogP contribution in [-0.4, -0.2) is 80.2 Å². The van der Waals surface area contributed by atoms with Gasteiger partial charge in [-0.1, -0.05) is 67.2 Å². The van der Waals surface area contributed by atoms with Crippen molar-refractivity contribution >= 4 is 23.3 Å². The van der Waals surface area contributed by atoms with E-state index in [1.807, 2.05) is 38.6 Å². The number of likely N-dealkylation sites (N-methyl/N-ethyl adjacent to an activating group) is 1. The molecule has 0 bridgehead atoms. The van der Waals surface area contributed by atoms with Crippen LogP contribution < -0.4 is 21.3 Å². The Bertz CT molecular complexity index is 1720. The number of nitrogens with one attached hydrogen (secondary N) is 2. The SMILES string of the molecule is CCCc1cc(NCCCCNC(=O)CCC(=O)OC2CCC3(C)C(CCC4[C@@H]3CCC3(C)[C@@H]([C@H](C)CCCC(C)C)CC[C@@H]43)C2)ccn1.CN(CCN)Cc1cc(N(C)C)ccn1. The number of pyridine rings is 2. The molecule has 4 aliphatic rings. The molecule has 360 valence electrons. The lowest BCUT2D eigenvalue weighted by molar-refractivity contribution is -0.163. The Labute approximate surface area is 389 Å². The molecule has 2 aromatic heterocycles. The van der Waals surface area contributed by atoms with Gasteiger partial charge in [0.1, 0.15) is 6.10 Å². The predicted molar refractivity (Wildman–Crippen MR) is 265 cm³/mol. The van der Waals surface area contributed by atoms with Crippen LogP contribution in [0.15, 0.2) is 36.7 Å². The summed E-state index contributed by atoms with van der Waals surface area (Å²) in [7, 11) is 6.11. The minimum atomic E-state index is -0.200. The fourth-order valence-electron chi connectivity index (χ4n) is 13.0. The van der Waals surface area contributed by atoms with Crippen LogP contribution in [0, 0.1) is 52.3 Å². The van der Waals surface area contributed by atoms with Crippen LogP contribution in [-0.2, 0) is 27.3 Å². The van der Waals surface area contributed by atoms with Gasteiger partial charge >= 0.3 is 5.97 Å². The summed E-state index contributed by atoms with van der Waals surface area (Å²) in [6, 6.07) is 8.23. The number of carbonyl (C=O) groups excluding carboxylic acids is 2. The van der Waals surface area contributed by atoms with Crippen LogP contribution in [0.25, 0.3) is 0 Å². The second kappa shape index (κ2) is 25.0. The molecular formula is C54H91N7O3. The third-order valence-corrected chi connectivity index (χ3v) is 16.5. The van der Waals surface area contributed by atoms with Crippen LogP contribution in [0.4, 0.5) is 11.4 Å². The van der Waals surface area contributed by atoms with Crippen molar-refractivity contribution < 1.29 is 14.3 Å². The summed E-state index contributed by atoms with van der Waals surface area (Å²) in [5.41, 5.74) is 10.9. The standard InChI is InChI=1S/C43H71N3O3.C11H20N4/c1-7-11-33-29-34(22-27-45-33)44-25-8-9-26-46-40(47)18-19-41(48)49-35-20-23-42(5)32(28-35)14-15-36-38-17-16-37(31(4)13-10-12-30(2)3)43(38,6)24-21-39(36)42;1-14(2)11-4-6-13-10(8-11)9-15(3)7-5-12/h22,27,29-32,35-39H,7-21,23-26,28H2,1-6H3,(H,44,45)(H,46,47);4,6,8H,5,7,9,12H2,1-3H3/t31-,32?,35?,36?,37-,38+,39+,42?,43?;/m1./s1. The minimum absolute atomic E-state index is 0.0209. The van der Waals surface area contributed by atoms with Gasteiger partial charge in [-0.2, -0.15) is 0 Å². The van der Waals surface area contributed by atoms with Gasteiger partial charge in [-0.05, 0) is 161 Å². The van der Waals surface area contributed by atoms with E-state index in [2.05, 4.69) is 91.1 Å². The Morgan fingerprint density at radius 2 is 1.59 bits per heavy atom. The average Bonchev–Trinajstić information content (AvgIpc) is 3.62. The van der Waals surface area contributed by atoms with Crippen LogP contribution in [0.2, 0.25) is 0 Å². The van der Waals surface area contributed by atoms with Crippen LogP contribution in [0.1, 0.15) is 162 Å². The number of fused-ring (bicyclic) bond motifs is 5. The Kier molecular flexibility index (Phi) is 20.3. The predicted octanol–water partition coefficient (Wildman–Crippen LogP) is 10.7. The minimum Gasteiger partial charge on any atom is -0.462 e. The van der Waals surface area contributed by atoms with E-state index < -0.39 is 0 Å². The van der Waals surface area contributed by atoms with Crippen LogP contribution in [0.5, 0.6) is 0 Å². The van der Waals surface area contributed by atoms with Crippen molar-refractivity contribution in [3.05, 3.63) is 48.0 Å². The molecule has 64 heavy (non-hydrogen) atoms. The molecular weight excluding hydrogens is 795 g/mol. The molecule has 1 amide bonds. The second-order valence-electron chi connectivity index (χ2n) is 21.8. The number of hydrogen-bond acceptors (Lipinski definition) is 9. The van der Waals surface area contributed by atoms with Crippen molar-refractivity contribution in [2.24, 2.45) is 58.0 Å². The van der Waals surface area contributed by atoms with E-state index in [-0.39, 0.29) is 30.8 Å². The number of aryl methyl sites for hydroxylation is 1. The van der Waals surface area contributed by atoms with Gasteiger partial charge < -0.3 is 26.0 Å². The first-order chi connectivity index (χ1) is 30.7. The highest BCUT2D eigenvalue weighted by molar-refractivity contribution is 5.81. The normalized spacial score (nSPS) is 27.7. The maximum Gasteiger partial charge on any atom is 0.306 e. The number of anilines is 2. The van der Waals surface area contributed by atoms with Gasteiger partial charge in [0.15, 0.2) is 0 Å². The van der Waals surface area contributed by atoms with Crippen LogP contribution in [0.3, 0.4) is 0 Å². The van der Waals surface area contributed by atoms with Gasteiger partial charge in [-0.3, -0.25) is 24.5 Å². The molecule has 4 N–H and O–H groups in total. The number of carbonyl (C=O) groups is 2. The van der Waals surface area contributed by atoms with Gasteiger partial charge in [-0.15, -0.1) is 0 Å². The fourth-order valence-corrected chi connectivity index (χ4v) is 13.0. The van der Waals surface area contributed by atoms with E-state index in [9.17, 15) is 9.59 Å². The van der Waals surface area contributed by atoms with Crippen molar-refractivity contribution in [2.45, 2.75) is 170 Å². The maximum atomic E-state index is 12.8. The van der Waals surface area contributed by atoms with E-state index in [0.29, 0.717) is 29.8 Å².